The Kier molecular flexibility index (Phi) is 8.21. The van der Waals surface area contributed by atoms with E-state index in [9.17, 15) is 19.7 Å². The second kappa shape index (κ2) is 11.3. The molecule has 0 saturated carbocycles. The van der Waals surface area contributed by atoms with E-state index in [0.29, 0.717) is 12.3 Å². The summed E-state index contributed by atoms with van der Waals surface area (Å²) in [4.78, 5) is 39.9. The second-order valence-electron chi connectivity index (χ2n) is 7.65. The van der Waals surface area contributed by atoms with Gasteiger partial charge in [0.1, 0.15) is 23.1 Å². The Morgan fingerprint density at radius 3 is 2.44 bits per heavy atom. The molecule has 176 valence electrons. The summed E-state index contributed by atoms with van der Waals surface area (Å²) in [5.41, 5.74) is 0.604. The molecule has 0 fully saturated rings. The number of nitro benzene ring substituents is 1. The lowest BCUT2D eigenvalue weighted by Crippen LogP contribution is -2.42. The van der Waals surface area contributed by atoms with Crippen LogP contribution >= 0.6 is 11.6 Å². The van der Waals surface area contributed by atoms with Crippen molar-refractivity contribution in [3.05, 3.63) is 111 Å². The van der Waals surface area contributed by atoms with E-state index in [4.69, 9.17) is 16.0 Å². The number of hydrogen-bond donors (Lipinski definition) is 0. The van der Waals surface area contributed by atoms with Crippen LogP contribution in [0.15, 0.2) is 77.7 Å². The molecule has 0 aliphatic carbocycles. The van der Waals surface area contributed by atoms with Crippen LogP contribution in [0.2, 0.25) is 5.02 Å². The first-order valence-electron chi connectivity index (χ1n) is 10.5. The number of furan rings is 1. The maximum atomic E-state index is 13.3. The van der Waals surface area contributed by atoms with Crippen LogP contribution in [-0.4, -0.2) is 39.6 Å². The van der Waals surface area contributed by atoms with Gasteiger partial charge in [0.25, 0.3) is 11.6 Å². The standard InChI is InChI=1S/C25H24ClN3O5/c1-3-13-27(25(31)20-10-12-22(26)23(14-20)29(32)33)17-24(30)28(15-19-7-5-4-6-8-19)16-21-11-9-18(2)34-21/h3-12,14H,1,13,15-17H2,2H3. The first kappa shape index (κ1) is 24.7. The van der Waals surface area contributed by atoms with E-state index in [-0.39, 0.29) is 41.8 Å². The zero-order valence-corrected chi connectivity index (χ0v) is 19.4. The molecule has 9 heteroatoms. The molecular formula is C25H24ClN3O5. The normalized spacial score (nSPS) is 10.5. The van der Waals surface area contributed by atoms with Gasteiger partial charge in [-0.25, -0.2) is 0 Å². The van der Waals surface area contributed by atoms with Gasteiger partial charge in [-0.05, 0) is 36.8 Å². The predicted octanol–water partition coefficient (Wildman–Crippen LogP) is 5.01. The number of carbonyl (C=O) groups excluding carboxylic acids is 2. The molecule has 0 saturated heterocycles. The average Bonchev–Trinajstić information content (AvgIpc) is 3.23. The summed E-state index contributed by atoms with van der Waals surface area (Å²) in [6.45, 7) is 5.87. The van der Waals surface area contributed by atoms with Crippen molar-refractivity contribution >= 4 is 29.1 Å². The second-order valence-corrected chi connectivity index (χ2v) is 8.05. The van der Waals surface area contributed by atoms with Crippen LogP contribution in [-0.2, 0) is 17.9 Å². The van der Waals surface area contributed by atoms with E-state index in [0.717, 1.165) is 17.4 Å². The molecule has 1 heterocycles. The van der Waals surface area contributed by atoms with Gasteiger partial charge in [0.05, 0.1) is 11.5 Å². The number of nitrogens with zero attached hydrogens (tertiary/aromatic N) is 3. The number of hydrogen-bond acceptors (Lipinski definition) is 5. The van der Waals surface area contributed by atoms with Crippen molar-refractivity contribution in [2.24, 2.45) is 0 Å². The lowest BCUT2D eigenvalue weighted by Gasteiger charge is -2.27. The monoisotopic (exact) mass is 481 g/mol. The van der Waals surface area contributed by atoms with Gasteiger partial charge in [-0.15, -0.1) is 6.58 Å². The highest BCUT2D eigenvalue weighted by Gasteiger charge is 2.25. The van der Waals surface area contributed by atoms with Gasteiger partial charge in [-0.2, -0.15) is 0 Å². The Hall–Kier alpha value is -3.91. The maximum absolute atomic E-state index is 13.3. The minimum Gasteiger partial charge on any atom is -0.464 e. The number of halogens is 1. The summed E-state index contributed by atoms with van der Waals surface area (Å²) in [7, 11) is 0. The van der Waals surface area contributed by atoms with Crippen LogP contribution in [0.4, 0.5) is 5.69 Å². The summed E-state index contributed by atoms with van der Waals surface area (Å²) < 4.78 is 5.65. The number of nitro groups is 1. The summed E-state index contributed by atoms with van der Waals surface area (Å²) >= 11 is 5.87. The van der Waals surface area contributed by atoms with E-state index >= 15 is 0 Å². The Balaban J connectivity index is 1.83. The number of rotatable bonds is 10. The molecule has 0 radical (unpaired) electrons. The molecule has 3 aromatic rings. The van der Waals surface area contributed by atoms with Crippen molar-refractivity contribution in [2.75, 3.05) is 13.1 Å². The fourth-order valence-corrected chi connectivity index (χ4v) is 3.59. The number of carbonyl (C=O) groups is 2. The van der Waals surface area contributed by atoms with Gasteiger partial charge < -0.3 is 14.2 Å². The lowest BCUT2D eigenvalue weighted by molar-refractivity contribution is -0.384. The summed E-state index contributed by atoms with van der Waals surface area (Å²) in [5.74, 6) is 0.504. The molecule has 0 aliphatic rings. The van der Waals surface area contributed by atoms with Crippen LogP contribution in [0.5, 0.6) is 0 Å². The third-order valence-corrected chi connectivity index (χ3v) is 5.38. The maximum Gasteiger partial charge on any atom is 0.288 e. The van der Waals surface area contributed by atoms with Crippen LogP contribution in [0.3, 0.4) is 0 Å². The molecule has 8 nitrogen and oxygen atoms in total. The molecule has 0 N–H and O–H groups in total. The van der Waals surface area contributed by atoms with Crippen LogP contribution < -0.4 is 0 Å². The van der Waals surface area contributed by atoms with Crippen molar-refractivity contribution < 1.29 is 18.9 Å². The molecule has 0 atom stereocenters. The summed E-state index contributed by atoms with van der Waals surface area (Å²) in [6, 6.07) is 16.9. The molecule has 0 bridgehead atoms. The Bertz CT molecular complexity index is 1190. The van der Waals surface area contributed by atoms with Gasteiger partial charge >= 0.3 is 0 Å². The zero-order chi connectivity index (χ0) is 24.7. The third-order valence-electron chi connectivity index (χ3n) is 5.06. The third kappa shape index (κ3) is 6.32. The van der Waals surface area contributed by atoms with Gasteiger partial charge in [0.2, 0.25) is 5.91 Å². The van der Waals surface area contributed by atoms with Gasteiger partial charge in [0.15, 0.2) is 0 Å². The first-order valence-corrected chi connectivity index (χ1v) is 10.9. The molecule has 34 heavy (non-hydrogen) atoms. The van der Waals surface area contributed by atoms with Gasteiger partial charge in [-0.3, -0.25) is 19.7 Å². The van der Waals surface area contributed by atoms with Crippen molar-refractivity contribution in [3.8, 4) is 0 Å². The summed E-state index contributed by atoms with van der Waals surface area (Å²) in [5, 5.41) is 11.1. The van der Waals surface area contributed by atoms with Crippen molar-refractivity contribution in [2.45, 2.75) is 20.0 Å². The molecular weight excluding hydrogens is 458 g/mol. The van der Waals surface area contributed by atoms with Crippen molar-refractivity contribution in [1.82, 2.24) is 9.80 Å². The van der Waals surface area contributed by atoms with Gasteiger partial charge in [-0.1, -0.05) is 48.0 Å². The van der Waals surface area contributed by atoms with E-state index in [2.05, 4.69) is 6.58 Å². The Morgan fingerprint density at radius 1 is 1.09 bits per heavy atom. The minimum atomic E-state index is -0.658. The van der Waals surface area contributed by atoms with Crippen LogP contribution in [0.25, 0.3) is 0 Å². The largest absolute Gasteiger partial charge is 0.464 e. The van der Waals surface area contributed by atoms with E-state index in [1.807, 2.05) is 43.3 Å². The van der Waals surface area contributed by atoms with Crippen molar-refractivity contribution in [1.29, 1.82) is 0 Å². The van der Waals surface area contributed by atoms with Crippen molar-refractivity contribution in [3.63, 3.8) is 0 Å². The Morgan fingerprint density at radius 2 is 1.82 bits per heavy atom. The van der Waals surface area contributed by atoms with Gasteiger partial charge in [0, 0.05) is 24.7 Å². The lowest BCUT2D eigenvalue weighted by atomic mass is 10.1. The molecule has 2 aromatic carbocycles. The molecule has 3 rings (SSSR count). The van der Waals surface area contributed by atoms with Crippen LogP contribution in [0, 0.1) is 17.0 Å². The quantitative estimate of drug-likeness (QED) is 0.230. The SMILES string of the molecule is C=CCN(CC(=O)N(Cc1ccccc1)Cc1ccc(C)o1)C(=O)c1ccc(Cl)c([N+](=O)[O-])c1. The molecule has 2 amide bonds. The molecule has 0 spiro atoms. The van der Waals surface area contributed by atoms with E-state index < -0.39 is 10.8 Å². The highest BCUT2D eigenvalue weighted by atomic mass is 35.5. The topological polar surface area (TPSA) is 96.9 Å². The number of benzene rings is 2. The summed E-state index contributed by atoms with van der Waals surface area (Å²) in [6.07, 6.45) is 1.49. The molecule has 1 aromatic heterocycles. The fraction of sp³-hybridized carbons (Fsp3) is 0.200. The minimum absolute atomic E-state index is 0.0574. The van der Waals surface area contributed by atoms with E-state index in [1.54, 1.807) is 11.0 Å². The Labute approximate surface area is 202 Å². The average molecular weight is 482 g/mol. The number of aryl methyl sites for hydroxylation is 1. The fourth-order valence-electron chi connectivity index (χ4n) is 3.40. The smallest absolute Gasteiger partial charge is 0.288 e. The highest BCUT2D eigenvalue weighted by molar-refractivity contribution is 6.32. The van der Waals surface area contributed by atoms with Crippen LogP contribution in [0.1, 0.15) is 27.4 Å². The predicted molar refractivity (Wildman–Crippen MR) is 128 cm³/mol. The first-order chi connectivity index (χ1) is 16.3. The van der Waals surface area contributed by atoms with E-state index in [1.165, 1.54) is 23.1 Å². The number of amides is 2. The molecule has 0 unspecified atom stereocenters. The zero-order valence-electron chi connectivity index (χ0n) is 18.6. The molecule has 0 aliphatic heterocycles. The highest BCUT2D eigenvalue weighted by Crippen LogP contribution is 2.26.